The van der Waals surface area contributed by atoms with Crippen LogP contribution in [0.3, 0.4) is 0 Å². The quantitative estimate of drug-likeness (QED) is 0.202. The van der Waals surface area contributed by atoms with Crippen LogP contribution in [0.25, 0.3) is 0 Å². The van der Waals surface area contributed by atoms with Gasteiger partial charge in [0.05, 0.1) is 0 Å². The van der Waals surface area contributed by atoms with E-state index < -0.39 is 35.9 Å². The largest absolute Gasteiger partial charge is 0.480 e. The number of carbonyl (C=O) groups excluding carboxylic acids is 3. The molecule has 0 radical (unpaired) electrons. The van der Waals surface area contributed by atoms with Crippen LogP contribution in [-0.4, -0.2) is 59.4 Å². The summed E-state index contributed by atoms with van der Waals surface area (Å²) in [6.45, 7) is 3.81. The van der Waals surface area contributed by atoms with E-state index in [0.717, 1.165) is 9.13 Å². The van der Waals surface area contributed by atoms with Crippen molar-refractivity contribution >= 4 is 58.5 Å². The highest BCUT2D eigenvalue weighted by Gasteiger charge is 2.29. The second kappa shape index (κ2) is 14.3. The molecule has 0 saturated carbocycles. The van der Waals surface area contributed by atoms with Crippen molar-refractivity contribution in [1.82, 2.24) is 16.0 Å². The van der Waals surface area contributed by atoms with Crippen LogP contribution in [0.2, 0.25) is 0 Å². The molecule has 1 aromatic carbocycles. The Morgan fingerprint density at radius 1 is 1.06 bits per heavy atom. The molecule has 0 unspecified atom stereocenters. The Balaban J connectivity index is 2.90. The maximum atomic E-state index is 12.9. The molecule has 10 heteroatoms. The van der Waals surface area contributed by atoms with Gasteiger partial charge >= 0.3 is 5.97 Å². The van der Waals surface area contributed by atoms with Gasteiger partial charge in [0.15, 0.2) is 0 Å². The van der Waals surface area contributed by atoms with Gasteiger partial charge in [0.2, 0.25) is 18.2 Å². The van der Waals surface area contributed by atoms with Crippen molar-refractivity contribution in [3.8, 4) is 0 Å². The standard InChI is InChI=1S/C21H30IN3O5S/c1-13(2)10-17(24-19(27)16(23-12-26)8-9-31-3)20(28)25-18(21(29)30)11-14-4-6-15(22)7-5-14/h4-7,12-13,16-18H,8-11H2,1-3H3,(H,23,26)(H,24,27)(H,25,28)(H,29,30)/t16-,17-,18+/m1/s1. The maximum absolute atomic E-state index is 12.9. The normalized spacial score (nSPS) is 13.7. The van der Waals surface area contributed by atoms with Crippen molar-refractivity contribution in [2.24, 2.45) is 5.92 Å². The van der Waals surface area contributed by atoms with E-state index in [2.05, 4.69) is 38.5 Å². The van der Waals surface area contributed by atoms with Crippen molar-refractivity contribution in [1.29, 1.82) is 0 Å². The van der Waals surface area contributed by atoms with Gasteiger partial charge in [-0.15, -0.1) is 0 Å². The summed E-state index contributed by atoms with van der Waals surface area (Å²) in [5, 5.41) is 17.3. The summed E-state index contributed by atoms with van der Waals surface area (Å²) in [6, 6.07) is 4.59. The van der Waals surface area contributed by atoms with Crippen LogP contribution in [0.5, 0.6) is 0 Å². The molecule has 172 valence electrons. The fourth-order valence-corrected chi connectivity index (χ4v) is 3.74. The summed E-state index contributed by atoms with van der Waals surface area (Å²) in [7, 11) is 0. The molecule has 3 amide bonds. The van der Waals surface area contributed by atoms with Crippen molar-refractivity contribution in [2.45, 2.75) is 51.2 Å². The first-order valence-corrected chi connectivity index (χ1v) is 12.4. The van der Waals surface area contributed by atoms with Gasteiger partial charge < -0.3 is 21.1 Å². The molecule has 0 bridgehead atoms. The number of benzene rings is 1. The monoisotopic (exact) mass is 563 g/mol. The maximum Gasteiger partial charge on any atom is 0.326 e. The van der Waals surface area contributed by atoms with Crippen molar-refractivity contribution in [3.63, 3.8) is 0 Å². The topological polar surface area (TPSA) is 125 Å². The number of aliphatic carboxylic acids is 1. The lowest BCUT2D eigenvalue weighted by Gasteiger charge is -2.25. The zero-order chi connectivity index (χ0) is 23.4. The van der Waals surface area contributed by atoms with Crippen LogP contribution in [-0.2, 0) is 25.6 Å². The Kier molecular flexibility index (Phi) is 12.5. The molecular formula is C21H30IN3O5S. The van der Waals surface area contributed by atoms with Crippen LogP contribution < -0.4 is 16.0 Å². The summed E-state index contributed by atoms with van der Waals surface area (Å²) in [5.41, 5.74) is 0.782. The molecule has 0 aromatic heterocycles. The molecule has 3 atom stereocenters. The molecule has 0 aliphatic carbocycles. The lowest BCUT2D eigenvalue weighted by atomic mass is 10.0. The second-order valence-electron chi connectivity index (χ2n) is 7.54. The third kappa shape index (κ3) is 10.4. The van der Waals surface area contributed by atoms with E-state index in [0.29, 0.717) is 25.0 Å². The number of hydrogen-bond acceptors (Lipinski definition) is 5. The Morgan fingerprint density at radius 3 is 2.16 bits per heavy atom. The smallest absolute Gasteiger partial charge is 0.326 e. The van der Waals surface area contributed by atoms with Gasteiger partial charge in [-0.1, -0.05) is 26.0 Å². The molecule has 0 fully saturated rings. The van der Waals surface area contributed by atoms with Crippen LogP contribution in [0.15, 0.2) is 24.3 Å². The molecule has 8 nitrogen and oxygen atoms in total. The molecule has 4 N–H and O–H groups in total. The van der Waals surface area contributed by atoms with Gasteiger partial charge in [0.1, 0.15) is 18.1 Å². The van der Waals surface area contributed by atoms with Gasteiger partial charge in [-0.25, -0.2) is 4.79 Å². The zero-order valence-corrected chi connectivity index (χ0v) is 20.9. The average Bonchev–Trinajstić information content (AvgIpc) is 2.71. The van der Waals surface area contributed by atoms with Crippen molar-refractivity contribution in [3.05, 3.63) is 33.4 Å². The van der Waals surface area contributed by atoms with E-state index in [9.17, 15) is 24.3 Å². The number of nitrogens with one attached hydrogen (secondary N) is 3. The molecule has 1 rings (SSSR count). The van der Waals surface area contributed by atoms with E-state index in [4.69, 9.17) is 0 Å². The highest BCUT2D eigenvalue weighted by Crippen LogP contribution is 2.11. The lowest BCUT2D eigenvalue weighted by molar-refractivity contribution is -0.142. The Bertz CT molecular complexity index is 745. The molecule has 0 aliphatic rings. The van der Waals surface area contributed by atoms with Gasteiger partial charge in [-0.2, -0.15) is 11.8 Å². The van der Waals surface area contributed by atoms with E-state index >= 15 is 0 Å². The number of halogens is 1. The van der Waals surface area contributed by atoms with Crippen LogP contribution in [0, 0.1) is 9.49 Å². The van der Waals surface area contributed by atoms with Gasteiger partial charge in [0, 0.05) is 9.99 Å². The molecule has 0 saturated heterocycles. The fourth-order valence-electron chi connectivity index (χ4n) is 2.91. The first-order chi connectivity index (χ1) is 14.7. The molecule has 0 spiro atoms. The van der Waals surface area contributed by atoms with Crippen molar-refractivity contribution in [2.75, 3.05) is 12.0 Å². The lowest BCUT2D eigenvalue weighted by Crippen LogP contribution is -2.55. The minimum absolute atomic E-state index is 0.0826. The van der Waals surface area contributed by atoms with Crippen molar-refractivity contribution < 1.29 is 24.3 Å². The summed E-state index contributed by atoms with van der Waals surface area (Å²) in [5.74, 6) is -1.43. The number of carboxylic acid groups (broad SMARTS) is 1. The number of amides is 3. The summed E-state index contributed by atoms with van der Waals surface area (Å²) in [4.78, 5) is 48.1. The highest BCUT2D eigenvalue weighted by molar-refractivity contribution is 14.1. The molecular weight excluding hydrogens is 533 g/mol. The number of rotatable bonds is 14. The Morgan fingerprint density at radius 2 is 1.65 bits per heavy atom. The Hall–Kier alpha value is -1.82. The van der Waals surface area contributed by atoms with E-state index in [1.807, 2.05) is 44.4 Å². The minimum Gasteiger partial charge on any atom is -0.480 e. The van der Waals surface area contributed by atoms with Gasteiger partial charge in [0.25, 0.3) is 0 Å². The van der Waals surface area contributed by atoms with E-state index in [1.54, 1.807) is 11.8 Å². The summed E-state index contributed by atoms with van der Waals surface area (Å²) >= 11 is 3.70. The Labute approximate surface area is 200 Å². The number of thioether (sulfide) groups is 1. The predicted molar refractivity (Wildman–Crippen MR) is 130 cm³/mol. The molecule has 0 heterocycles. The average molecular weight is 563 g/mol. The predicted octanol–water partition coefficient (Wildman–Crippen LogP) is 1.80. The fraction of sp³-hybridized carbons (Fsp3) is 0.524. The highest BCUT2D eigenvalue weighted by atomic mass is 127. The van der Waals surface area contributed by atoms with E-state index in [1.165, 1.54) is 0 Å². The van der Waals surface area contributed by atoms with Gasteiger partial charge in [-0.05, 0) is 71.1 Å². The first kappa shape index (κ1) is 27.2. The van der Waals surface area contributed by atoms with E-state index in [-0.39, 0.29) is 12.3 Å². The second-order valence-corrected chi connectivity index (χ2v) is 9.77. The van der Waals surface area contributed by atoms with Crippen LogP contribution in [0.4, 0.5) is 0 Å². The molecule has 0 aliphatic heterocycles. The summed E-state index contributed by atoms with van der Waals surface area (Å²) < 4.78 is 1.02. The number of carboxylic acids is 1. The zero-order valence-electron chi connectivity index (χ0n) is 17.9. The SMILES string of the molecule is CSCC[C@@H](NC=O)C(=O)N[C@H](CC(C)C)C(=O)N[C@@H](Cc1ccc(I)cc1)C(=O)O. The van der Waals surface area contributed by atoms with Gasteiger partial charge in [-0.3, -0.25) is 14.4 Å². The number of carbonyl (C=O) groups is 4. The molecule has 1 aromatic rings. The third-order valence-electron chi connectivity index (χ3n) is 4.50. The van der Waals surface area contributed by atoms with Crippen LogP contribution in [0.1, 0.15) is 32.3 Å². The molecule has 31 heavy (non-hydrogen) atoms. The van der Waals surface area contributed by atoms with Crippen LogP contribution >= 0.6 is 34.4 Å². The summed E-state index contributed by atoms with van der Waals surface area (Å²) in [6.07, 6.45) is 3.24. The minimum atomic E-state index is -1.15. The first-order valence-electron chi connectivity index (χ1n) is 9.94. The third-order valence-corrected chi connectivity index (χ3v) is 5.87. The number of hydrogen-bond donors (Lipinski definition) is 4.